The van der Waals surface area contributed by atoms with Crippen LogP contribution in [-0.4, -0.2) is 22.8 Å². The number of H-pyrrole nitrogens is 1. The van der Waals surface area contributed by atoms with Crippen molar-refractivity contribution in [3.63, 3.8) is 0 Å². The average molecular weight is 262 g/mol. The molecular weight excluding hydrogens is 248 g/mol. The Morgan fingerprint density at radius 2 is 1.89 bits per heavy atom. The predicted octanol–water partition coefficient (Wildman–Crippen LogP) is 0.871. The number of aromatic nitrogens is 2. The molecule has 19 heavy (non-hydrogen) atoms. The fraction of sp³-hybridized carbons (Fsp3) is 0.385. The van der Waals surface area contributed by atoms with Gasteiger partial charge in [0.1, 0.15) is 0 Å². The van der Waals surface area contributed by atoms with E-state index in [1.165, 1.54) is 0 Å². The van der Waals surface area contributed by atoms with Crippen LogP contribution in [0.5, 0.6) is 11.5 Å². The molecule has 1 aliphatic heterocycles. The van der Waals surface area contributed by atoms with Crippen LogP contribution < -0.4 is 20.7 Å². The third-order valence-electron chi connectivity index (χ3n) is 3.17. The van der Waals surface area contributed by atoms with Crippen molar-refractivity contribution in [1.29, 1.82) is 0 Å². The van der Waals surface area contributed by atoms with E-state index < -0.39 is 5.69 Å². The van der Waals surface area contributed by atoms with Crippen LogP contribution in [0.3, 0.4) is 0 Å². The minimum absolute atomic E-state index is 0.308. The van der Waals surface area contributed by atoms with E-state index in [4.69, 9.17) is 9.47 Å². The summed E-state index contributed by atoms with van der Waals surface area (Å²) in [6.45, 7) is 3.21. The molecule has 6 heteroatoms. The van der Waals surface area contributed by atoms with Gasteiger partial charge in [-0.3, -0.25) is 9.36 Å². The van der Waals surface area contributed by atoms with Gasteiger partial charge in [0.05, 0.1) is 24.1 Å². The standard InChI is InChI=1S/C13H14N2O4/c1-2-15-12(16)8-6-10-11(19-5-3-4-18-10)7-9(8)14-13(15)17/h6-7H,2-5H2,1H3,(H,14,17). The van der Waals surface area contributed by atoms with Crippen molar-refractivity contribution < 1.29 is 9.47 Å². The Balaban J connectivity index is 2.33. The van der Waals surface area contributed by atoms with Gasteiger partial charge in [-0.15, -0.1) is 0 Å². The van der Waals surface area contributed by atoms with Crippen molar-refractivity contribution in [2.24, 2.45) is 0 Å². The van der Waals surface area contributed by atoms with E-state index in [1.807, 2.05) is 0 Å². The van der Waals surface area contributed by atoms with Crippen LogP contribution in [-0.2, 0) is 6.54 Å². The molecule has 0 atom stereocenters. The summed E-state index contributed by atoms with van der Waals surface area (Å²) >= 11 is 0. The molecule has 2 aromatic rings. The van der Waals surface area contributed by atoms with Gasteiger partial charge >= 0.3 is 5.69 Å². The highest BCUT2D eigenvalue weighted by molar-refractivity contribution is 5.81. The first-order valence-corrected chi connectivity index (χ1v) is 6.27. The van der Waals surface area contributed by atoms with Crippen LogP contribution in [0.4, 0.5) is 0 Å². The first-order valence-electron chi connectivity index (χ1n) is 6.27. The van der Waals surface area contributed by atoms with Crippen molar-refractivity contribution >= 4 is 10.9 Å². The smallest absolute Gasteiger partial charge is 0.328 e. The third kappa shape index (κ3) is 1.89. The molecule has 1 aliphatic rings. The van der Waals surface area contributed by atoms with Gasteiger partial charge in [-0.2, -0.15) is 0 Å². The van der Waals surface area contributed by atoms with E-state index in [-0.39, 0.29) is 5.56 Å². The number of nitrogens with one attached hydrogen (secondary N) is 1. The van der Waals surface area contributed by atoms with Gasteiger partial charge in [-0.1, -0.05) is 0 Å². The van der Waals surface area contributed by atoms with Gasteiger partial charge in [0, 0.05) is 19.0 Å². The molecule has 0 aliphatic carbocycles. The Labute approximate surface area is 108 Å². The molecule has 1 aromatic carbocycles. The molecule has 0 radical (unpaired) electrons. The van der Waals surface area contributed by atoms with E-state index in [9.17, 15) is 9.59 Å². The van der Waals surface area contributed by atoms with E-state index >= 15 is 0 Å². The molecule has 2 heterocycles. The molecule has 0 unspecified atom stereocenters. The molecule has 0 bridgehead atoms. The molecule has 0 saturated heterocycles. The molecule has 100 valence electrons. The monoisotopic (exact) mass is 262 g/mol. The summed E-state index contributed by atoms with van der Waals surface area (Å²) < 4.78 is 12.2. The maximum Gasteiger partial charge on any atom is 0.328 e. The normalized spacial score (nSPS) is 14.4. The fourth-order valence-corrected chi connectivity index (χ4v) is 2.20. The van der Waals surface area contributed by atoms with Crippen LogP contribution in [0.15, 0.2) is 21.7 Å². The lowest BCUT2D eigenvalue weighted by Crippen LogP contribution is -2.34. The number of nitrogens with zero attached hydrogens (tertiary/aromatic N) is 1. The number of benzene rings is 1. The Kier molecular flexibility index (Phi) is 2.77. The van der Waals surface area contributed by atoms with E-state index in [2.05, 4.69) is 4.98 Å². The zero-order valence-electron chi connectivity index (χ0n) is 10.6. The third-order valence-corrected chi connectivity index (χ3v) is 3.17. The number of aromatic amines is 1. The van der Waals surface area contributed by atoms with Gasteiger partial charge in [0.2, 0.25) is 0 Å². The Bertz CT molecular complexity index is 745. The molecule has 3 rings (SSSR count). The summed E-state index contributed by atoms with van der Waals surface area (Å²) in [5.41, 5.74) is -0.240. The Morgan fingerprint density at radius 3 is 2.58 bits per heavy atom. The second-order valence-electron chi connectivity index (χ2n) is 4.37. The molecular formula is C13H14N2O4. The number of rotatable bonds is 1. The highest BCUT2D eigenvalue weighted by Crippen LogP contribution is 2.32. The van der Waals surface area contributed by atoms with Crippen LogP contribution in [0.1, 0.15) is 13.3 Å². The first-order chi connectivity index (χ1) is 9.20. The highest BCUT2D eigenvalue weighted by Gasteiger charge is 2.15. The molecule has 1 N–H and O–H groups in total. The first kappa shape index (κ1) is 11.8. The van der Waals surface area contributed by atoms with E-state index in [0.717, 1.165) is 11.0 Å². The van der Waals surface area contributed by atoms with Gasteiger partial charge in [0.25, 0.3) is 5.56 Å². The van der Waals surface area contributed by atoms with Gasteiger partial charge in [-0.05, 0) is 13.0 Å². The van der Waals surface area contributed by atoms with Crippen molar-refractivity contribution in [2.45, 2.75) is 19.9 Å². The second kappa shape index (κ2) is 4.46. The molecule has 0 amide bonds. The zero-order chi connectivity index (χ0) is 13.4. The summed E-state index contributed by atoms with van der Waals surface area (Å²) in [5, 5.41) is 0.436. The van der Waals surface area contributed by atoms with Gasteiger partial charge in [0.15, 0.2) is 11.5 Å². The summed E-state index contributed by atoms with van der Waals surface area (Å²) in [5.74, 6) is 1.12. The Morgan fingerprint density at radius 1 is 1.21 bits per heavy atom. The molecule has 1 aromatic heterocycles. The molecule has 6 nitrogen and oxygen atoms in total. The van der Waals surface area contributed by atoms with E-state index in [1.54, 1.807) is 19.1 Å². The lowest BCUT2D eigenvalue weighted by Gasteiger charge is -2.09. The predicted molar refractivity (Wildman–Crippen MR) is 70.1 cm³/mol. The van der Waals surface area contributed by atoms with Crippen LogP contribution >= 0.6 is 0 Å². The molecule has 0 fully saturated rings. The Hall–Kier alpha value is -2.24. The van der Waals surface area contributed by atoms with Gasteiger partial charge < -0.3 is 14.5 Å². The maximum absolute atomic E-state index is 12.2. The fourth-order valence-electron chi connectivity index (χ4n) is 2.20. The second-order valence-corrected chi connectivity index (χ2v) is 4.37. The lowest BCUT2D eigenvalue weighted by molar-refractivity contribution is 0.297. The molecule has 0 spiro atoms. The largest absolute Gasteiger partial charge is 0.490 e. The minimum Gasteiger partial charge on any atom is -0.490 e. The van der Waals surface area contributed by atoms with Crippen molar-refractivity contribution in [3.8, 4) is 11.5 Å². The van der Waals surface area contributed by atoms with Crippen LogP contribution in [0.2, 0.25) is 0 Å². The quantitative estimate of drug-likeness (QED) is 0.827. The van der Waals surface area contributed by atoms with Gasteiger partial charge in [-0.25, -0.2) is 4.79 Å². The average Bonchev–Trinajstić information content (AvgIpc) is 2.62. The summed E-state index contributed by atoms with van der Waals surface area (Å²) in [6, 6.07) is 3.29. The topological polar surface area (TPSA) is 73.3 Å². The van der Waals surface area contributed by atoms with E-state index in [0.29, 0.717) is 42.2 Å². The minimum atomic E-state index is -0.408. The summed E-state index contributed by atoms with van der Waals surface area (Å²) in [6.07, 6.45) is 0.792. The SMILES string of the molecule is CCn1c(=O)[nH]c2cc3c(cc2c1=O)OCCCO3. The number of fused-ring (bicyclic) bond motifs is 2. The summed E-state index contributed by atoms with van der Waals surface area (Å²) in [4.78, 5) is 26.6. The molecule has 0 saturated carbocycles. The number of hydrogen-bond donors (Lipinski definition) is 1. The van der Waals surface area contributed by atoms with Crippen molar-refractivity contribution in [1.82, 2.24) is 9.55 Å². The summed E-state index contributed by atoms with van der Waals surface area (Å²) in [7, 11) is 0. The maximum atomic E-state index is 12.2. The zero-order valence-corrected chi connectivity index (χ0v) is 10.6. The van der Waals surface area contributed by atoms with Crippen molar-refractivity contribution in [3.05, 3.63) is 33.0 Å². The highest BCUT2D eigenvalue weighted by atomic mass is 16.5. The number of hydrogen-bond acceptors (Lipinski definition) is 4. The lowest BCUT2D eigenvalue weighted by atomic mass is 10.2. The van der Waals surface area contributed by atoms with Crippen molar-refractivity contribution in [2.75, 3.05) is 13.2 Å². The van der Waals surface area contributed by atoms with Crippen LogP contribution in [0.25, 0.3) is 10.9 Å². The van der Waals surface area contributed by atoms with Crippen LogP contribution in [0, 0.1) is 0 Å². The number of ether oxygens (including phenoxy) is 2.